The Hall–Kier alpha value is -1.49. The highest BCUT2D eigenvalue weighted by Crippen LogP contribution is 2.28. The average Bonchev–Trinajstić information content (AvgIpc) is 2.46. The van der Waals surface area contributed by atoms with E-state index in [1.54, 1.807) is 6.07 Å². The molecule has 1 aromatic rings. The predicted molar refractivity (Wildman–Crippen MR) is 87.5 cm³/mol. The number of hydrogen-bond acceptors (Lipinski definition) is 4. The van der Waals surface area contributed by atoms with Gasteiger partial charge in [0, 0.05) is 24.7 Å². The standard InChI is InChI=1S/C16H28FN3O/c1-5-8-21-16-10-15(14(18)9-13(16)17)19-12(4)11-20(6-2)7-3/h9-10,12,19H,5-8,11,18H2,1-4H3. The van der Waals surface area contributed by atoms with Crippen LogP contribution in [0.4, 0.5) is 15.8 Å². The van der Waals surface area contributed by atoms with Gasteiger partial charge in [-0.15, -0.1) is 0 Å². The first-order chi connectivity index (χ1) is 10.0. The van der Waals surface area contributed by atoms with E-state index < -0.39 is 5.82 Å². The van der Waals surface area contributed by atoms with E-state index in [0.29, 0.717) is 12.3 Å². The van der Waals surface area contributed by atoms with Crippen molar-refractivity contribution in [1.29, 1.82) is 0 Å². The second-order valence-corrected chi connectivity index (χ2v) is 5.25. The third-order valence-electron chi connectivity index (χ3n) is 3.39. The summed E-state index contributed by atoms with van der Waals surface area (Å²) in [5, 5.41) is 3.34. The molecule has 0 saturated heterocycles. The van der Waals surface area contributed by atoms with Gasteiger partial charge in [-0.05, 0) is 26.4 Å². The van der Waals surface area contributed by atoms with E-state index in [9.17, 15) is 4.39 Å². The number of halogens is 1. The van der Waals surface area contributed by atoms with Gasteiger partial charge in [0.15, 0.2) is 11.6 Å². The number of anilines is 2. The van der Waals surface area contributed by atoms with Gasteiger partial charge in [-0.25, -0.2) is 4.39 Å². The van der Waals surface area contributed by atoms with Crippen molar-refractivity contribution >= 4 is 11.4 Å². The number of rotatable bonds is 9. The molecule has 0 radical (unpaired) electrons. The third-order valence-corrected chi connectivity index (χ3v) is 3.39. The lowest BCUT2D eigenvalue weighted by molar-refractivity contribution is 0.294. The third kappa shape index (κ3) is 5.42. The number of hydrogen-bond donors (Lipinski definition) is 2. The molecule has 1 atom stereocenters. The van der Waals surface area contributed by atoms with Crippen LogP contribution in [0.3, 0.4) is 0 Å². The number of nitrogens with zero attached hydrogens (tertiary/aromatic N) is 1. The van der Waals surface area contributed by atoms with E-state index in [1.165, 1.54) is 6.07 Å². The maximum absolute atomic E-state index is 13.8. The summed E-state index contributed by atoms with van der Waals surface area (Å²) in [6.07, 6.45) is 0.838. The molecule has 21 heavy (non-hydrogen) atoms. The second-order valence-electron chi connectivity index (χ2n) is 5.25. The van der Waals surface area contributed by atoms with Crippen molar-refractivity contribution in [2.45, 2.75) is 40.2 Å². The molecule has 5 heteroatoms. The summed E-state index contributed by atoms with van der Waals surface area (Å²) >= 11 is 0. The summed E-state index contributed by atoms with van der Waals surface area (Å²) in [4.78, 5) is 2.33. The molecule has 0 fully saturated rings. The van der Waals surface area contributed by atoms with Crippen molar-refractivity contribution < 1.29 is 9.13 Å². The summed E-state index contributed by atoms with van der Waals surface area (Å²) in [7, 11) is 0. The Morgan fingerprint density at radius 3 is 2.52 bits per heavy atom. The first-order valence-electron chi connectivity index (χ1n) is 7.72. The lowest BCUT2D eigenvalue weighted by atomic mass is 10.2. The average molecular weight is 297 g/mol. The topological polar surface area (TPSA) is 50.5 Å². The first-order valence-corrected chi connectivity index (χ1v) is 7.72. The van der Waals surface area contributed by atoms with Gasteiger partial charge in [0.25, 0.3) is 0 Å². The fourth-order valence-corrected chi connectivity index (χ4v) is 2.20. The molecule has 0 bridgehead atoms. The molecule has 4 nitrogen and oxygen atoms in total. The summed E-state index contributed by atoms with van der Waals surface area (Å²) in [6.45, 7) is 11.8. The molecular weight excluding hydrogens is 269 g/mol. The van der Waals surface area contributed by atoms with Crippen LogP contribution >= 0.6 is 0 Å². The molecule has 3 N–H and O–H groups in total. The summed E-state index contributed by atoms with van der Waals surface area (Å²) < 4.78 is 19.2. The normalized spacial score (nSPS) is 12.5. The Morgan fingerprint density at radius 2 is 1.95 bits per heavy atom. The largest absolute Gasteiger partial charge is 0.490 e. The summed E-state index contributed by atoms with van der Waals surface area (Å²) in [5.41, 5.74) is 7.02. The van der Waals surface area contributed by atoms with Crippen LogP contribution in [0.15, 0.2) is 12.1 Å². The zero-order chi connectivity index (χ0) is 15.8. The van der Waals surface area contributed by atoms with Gasteiger partial charge in [-0.2, -0.15) is 0 Å². The van der Waals surface area contributed by atoms with E-state index >= 15 is 0 Å². The minimum Gasteiger partial charge on any atom is -0.490 e. The van der Waals surface area contributed by atoms with Gasteiger partial charge in [0.1, 0.15) is 0 Å². The molecule has 120 valence electrons. The summed E-state index contributed by atoms with van der Waals surface area (Å²) in [5.74, 6) is -0.161. The quantitative estimate of drug-likeness (QED) is 0.686. The van der Waals surface area contributed by atoms with E-state index in [4.69, 9.17) is 10.5 Å². The number of nitrogens with one attached hydrogen (secondary N) is 1. The molecule has 0 heterocycles. The Morgan fingerprint density at radius 1 is 1.29 bits per heavy atom. The lowest BCUT2D eigenvalue weighted by Crippen LogP contribution is -2.34. The number of likely N-dealkylation sites (N-methyl/N-ethyl adjacent to an activating group) is 1. The van der Waals surface area contributed by atoms with Crippen molar-refractivity contribution in [1.82, 2.24) is 4.90 Å². The van der Waals surface area contributed by atoms with Crippen LogP contribution in [-0.4, -0.2) is 37.2 Å². The highest BCUT2D eigenvalue weighted by molar-refractivity contribution is 5.69. The van der Waals surface area contributed by atoms with Crippen molar-refractivity contribution in [3.63, 3.8) is 0 Å². The Labute approximate surface area is 127 Å². The molecule has 1 rings (SSSR count). The number of nitrogens with two attached hydrogens (primary N) is 1. The number of nitrogen functional groups attached to an aromatic ring is 1. The molecule has 0 spiro atoms. The molecule has 1 aromatic carbocycles. The Balaban J connectivity index is 2.77. The highest BCUT2D eigenvalue weighted by Gasteiger charge is 2.12. The van der Waals surface area contributed by atoms with E-state index in [1.807, 2.05) is 6.92 Å². The van der Waals surface area contributed by atoms with E-state index in [-0.39, 0.29) is 11.8 Å². The molecule has 0 saturated carbocycles. The fraction of sp³-hybridized carbons (Fsp3) is 0.625. The van der Waals surface area contributed by atoms with Crippen LogP contribution in [0, 0.1) is 5.82 Å². The number of benzene rings is 1. The maximum Gasteiger partial charge on any atom is 0.167 e. The summed E-state index contributed by atoms with van der Waals surface area (Å²) in [6, 6.07) is 3.19. The van der Waals surface area contributed by atoms with Crippen LogP contribution in [0.5, 0.6) is 5.75 Å². The molecule has 0 aliphatic rings. The van der Waals surface area contributed by atoms with Gasteiger partial charge in [-0.1, -0.05) is 20.8 Å². The minimum absolute atomic E-state index is 0.219. The second kappa shape index (κ2) is 8.72. The van der Waals surface area contributed by atoms with Gasteiger partial charge in [0.2, 0.25) is 0 Å². The predicted octanol–water partition coefficient (Wildman–Crippen LogP) is 3.34. The van der Waals surface area contributed by atoms with Crippen molar-refractivity contribution in [3.8, 4) is 5.75 Å². The highest BCUT2D eigenvalue weighted by atomic mass is 19.1. The van der Waals surface area contributed by atoms with Crippen LogP contribution in [-0.2, 0) is 0 Å². The fourth-order valence-electron chi connectivity index (χ4n) is 2.20. The van der Waals surface area contributed by atoms with E-state index in [2.05, 4.69) is 31.0 Å². The van der Waals surface area contributed by atoms with Gasteiger partial charge < -0.3 is 20.7 Å². The monoisotopic (exact) mass is 297 g/mol. The van der Waals surface area contributed by atoms with Gasteiger partial charge in [0.05, 0.1) is 18.0 Å². The minimum atomic E-state index is -0.414. The smallest absolute Gasteiger partial charge is 0.167 e. The van der Waals surface area contributed by atoms with Crippen molar-refractivity contribution in [2.75, 3.05) is 37.3 Å². The van der Waals surface area contributed by atoms with Crippen LogP contribution in [0.1, 0.15) is 34.1 Å². The molecule has 1 unspecified atom stereocenters. The molecule has 0 aliphatic carbocycles. The maximum atomic E-state index is 13.8. The van der Waals surface area contributed by atoms with Crippen molar-refractivity contribution in [3.05, 3.63) is 17.9 Å². The Bertz CT molecular complexity index is 436. The van der Waals surface area contributed by atoms with Crippen LogP contribution in [0.25, 0.3) is 0 Å². The van der Waals surface area contributed by atoms with Crippen molar-refractivity contribution in [2.24, 2.45) is 0 Å². The zero-order valence-electron chi connectivity index (χ0n) is 13.6. The SMILES string of the molecule is CCCOc1cc(NC(C)CN(CC)CC)c(N)cc1F. The van der Waals surface area contributed by atoms with Crippen LogP contribution < -0.4 is 15.8 Å². The van der Waals surface area contributed by atoms with Gasteiger partial charge >= 0.3 is 0 Å². The Kier molecular flexibility index (Phi) is 7.29. The molecule has 0 aromatic heterocycles. The molecule has 0 amide bonds. The first kappa shape index (κ1) is 17.6. The van der Waals surface area contributed by atoms with Gasteiger partial charge in [-0.3, -0.25) is 0 Å². The number of ether oxygens (including phenoxy) is 1. The van der Waals surface area contributed by atoms with E-state index in [0.717, 1.165) is 31.7 Å². The lowest BCUT2D eigenvalue weighted by Gasteiger charge is -2.25. The molecular formula is C16H28FN3O. The van der Waals surface area contributed by atoms with Crippen LogP contribution in [0.2, 0.25) is 0 Å². The molecule has 0 aliphatic heterocycles. The zero-order valence-corrected chi connectivity index (χ0v) is 13.6.